The van der Waals surface area contributed by atoms with Crippen LogP contribution in [0.2, 0.25) is 0 Å². The summed E-state index contributed by atoms with van der Waals surface area (Å²) in [6, 6.07) is 9.98. The summed E-state index contributed by atoms with van der Waals surface area (Å²) in [7, 11) is -0.789. The van der Waals surface area contributed by atoms with Gasteiger partial charge in [0.25, 0.3) is 0 Å². The maximum absolute atomic E-state index is 11.1. The lowest BCUT2D eigenvalue weighted by Gasteiger charge is -2.19. The molecule has 0 radical (unpaired) electrons. The zero-order chi connectivity index (χ0) is 14.3. The van der Waals surface area contributed by atoms with Gasteiger partial charge in [0.2, 0.25) is 0 Å². The van der Waals surface area contributed by atoms with Crippen LogP contribution in [0.1, 0.15) is 25.5 Å². The van der Waals surface area contributed by atoms with Crippen molar-refractivity contribution in [2.24, 2.45) is 0 Å². The molecule has 0 spiro atoms. The van der Waals surface area contributed by atoms with Crippen molar-refractivity contribution in [3.63, 3.8) is 0 Å². The standard InChI is InChI=1S/C14H20N2O2S/c1-11(10-19(3)17)16-12(2)13-4-6-14(7-5-13)18-9-8-15/h4-7,11-12,16H,9-10H2,1-3H3. The van der Waals surface area contributed by atoms with E-state index in [4.69, 9.17) is 10.00 Å². The minimum absolute atomic E-state index is 0.0620. The largest absolute Gasteiger partial charge is 0.479 e. The first-order chi connectivity index (χ1) is 9.02. The number of benzene rings is 1. The van der Waals surface area contributed by atoms with Gasteiger partial charge in [-0.1, -0.05) is 12.1 Å². The molecule has 0 aliphatic heterocycles. The van der Waals surface area contributed by atoms with Gasteiger partial charge in [0.05, 0.1) is 0 Å². The molecule has 0 aliphatic carbocycles. The highest BCUT2D eigenvalue weighted by Gasteiger charge is 2.10. The van der Waals surface area contributed by atoms with E-state index in [9.17, 15) is 4.21 Å². The number of hydrogen-bond donors (Lipinski definition) is 1. The minimum atomic E-state index is -0.789. The van der Waals surface area contributed by atoms with Crippen LogP contribution in [0.4, 0.5) is 0 Å². The Morgan fingerprint density at radius 1 is 1.37 bits per heavy atom. The molecule has 1 N–H and O–H groups in total. The second-order valence-electron chi connectivity index (χ2n) is 4.55. The van der Waals surface area contributed by atoms with E-state index in [0.717, 1.165) is 5.56 Å². The second-order valence-corrected chi connectivity index (χ2v) is 6.02. The topological polar surface area (TPSA) is 62.1 Å². The fourth-order valence-electron chi connectivity index (χ4n) is 1.89. The van der Waals surface area contributed by atoms with Gasteiger partial charge in [0.1, 0.15) is 11.8 Å². The zero-order valence-corrected chi connectivity index (χ0v) is 12.4. The molecule has 1 aromatic rings. The van der Waals surface area contributed by atoms with Crippen molar-refractivity contribution in [2.75, 3.05) is 18.6 Å². The summed E-state index contributed by atoms with van der Waals surface area (Å²) in [6.45, 7) is 4.16. The maximum atomic E-state index is 11.1. The van der Waals surface area contributed by atoms with Crippen LogP contribution in [-0.2, 0) is 10.8 Å². The molecule has 19 heavy (non-hydrogen) atoms. The van der Waals surface area contributed by atoms with Crippen molar-refractivity contribution in [3.8, 4) is 11.8 Å². The molecule has 0 fully saturated rings. The molecule has 0 amide bonds. The zero-order valence-electron chi connectivity index (χ0n) is 11.6. The lowest BCUT2D eigenvalue weighted by Crippen LogP contribution is -2.33. The number of hydrogen-bond acceptors (Lipinski definition) is 4. The highest BCUT2D eigenvalue weighted by molar-refractivity contribution is 7.84. The number of nitrogens with zero attached hydrogens (tertiary/aromatic N) is 1. The molecule has 3 unspecified atom stereocenters. The summed E-state index contributed by atoms with van der Waals surface area (Å²) >= 11 is 0. The van der Waals surface area contributed by atoms with E-state index in [1.54, 1.807) is 6.26 Å². The summed E-state index contributed by atoms with van der Waals surface area (Å²) < 4.78 is 16.3. The maximum Gasteiger partial charge on any atom is 0.174 e. The van der Waals surface area contributed by atoms with Crippen LogP contribution in [0.25, 0.3) is 0 Å². The first-order valence-corrected chi connectivity index (χ1v) is 7.91. The lowest BCUT2D eigenvalue weighted by atomic mass is 10.1. The van der Waals surface area contributed by atoms with Gasteiger partial charge in [-0.15, -0.1) is 0 Å². The van der Waals surface area contributed by atoms with Crippen LogP contribution in [0.15, 0.2) is 24.3 Å². The van der Waals surface area contributed by atoms with Gasteiger partial charge in [-0.05, 0) is 31.5 Å². The molecule has 3 atom stereocenters. The Bertz CT molecular complexity index is 454. The van der Waals surface area contributed by atoms with E-state index < -0.39 is 10.8 Å². The number of ether oxygens (including phenoxy) is 1. The highest BCUT2D eigenvalue weighted by atomic mass is 32.2. The molecule has 5 heteroatoms. The lowest BCUT2D eigenvalue weighted by molar-refractivity contribution is 0.368. The average Bonchev–Trinajstić information content (AvgIpc) is 2.35. The van der Waals surface area contributed by atoms with Crippen LogP contribution in [0, 0.1) is 11.3 Å². The van der Waals surface area contributed by atoms with Gasteiger partial charge in [-0.2, -0.15) is 5.26 Å². The second kappa shape index (κ2) is 7.93. The fourth-order valence-corrected chi connectivity index (χ4v) is 2.69. The molecule has 0 aliphatic rings. The predicted octanol–water partition coefficient (Wildman–Crippen LogP) is 2.01. The van der Waals surface area contributed by atoms with Crippen molar-refractivity contribution in [1.82, 2.24) is 5.32 Å². The van der Waals surface area contributed by atoms with Crippen molar-refractivity contribution in [1.29, 1.82) is 5.26 Å². The molecule has 1 rings (SSSR count). The molecule has 104 valence electrons. The first-order valence-electron chi connectivity index (χ1n) is 6.18. The van der Waals surface area contributed by atoms with E-state index in [0.29, 0.717) is 11.5 Å². The van der Waals surface area contributed by atoms with Crippen LogP contribution in [0.3, 0.4) is 0 Å². The summed E-state index contributed by atoms with van der Waals surface area (Å²) in [5.74, 6) is 1.34. The van der Waals surface area contributed by atoms with Gasteiger partial charge in [-0.25, -0.2) is 0 Å². The van der Waals surface area contributed by atoms with Crippen molar-refractivity contribution < 1.29 is 8.95 Å². The Morgan fingerprint density at radius 2 is 2.00 bits per heavy atom. The molecule has 0 bridgehead atoms. The van der Waals surface area contributed by atoms with Gasteiger partial charge in [-0.3, -0.25) is 4.21 Å². The number of nitriles is 1. The molecule has 0 saturated carbocycles. The van der Waals surface area contributed by atoms with E-state index in [-0.39, 0.29) is 18.7 Å². The van der Waals surface area contributed by atoms with E-state index in [1.807, 2.05) is 37.3 Å². The van der Waals surface area contributed by atoms with Gasteiger partial charge in [0, 0.05) is 34.9 Å². The highest BCUT2D eigenvalue weighted by Crippen LogP contribution is 2.18. The molecule has 4 nitrogen and oxygen atoms in total. The summed E-state index contributed by atoms with van der Waals surface area (Å²) in [5.41, 5.74) is 1.14. The van der Waals surface area contributed by atoms with Crippen molar-refractivity contribution in [3.05, 3.63) is 29.8 Å². The van der Waals surface area contributed by atoms with E-state index in [2.05, 4.69) is 12.2 Å². The van der Waals surface area contributed by atoms with Crippen LogP contribution in [-0.4, -0.2) is 28.9 Å². The summed E-state index contributed by atoms with van der Waals surface area (Å²) in [5, 5.41) is 11.8. The quantitative estimate of drug-likeness (QED) is 0.830. The van der Waals surface area contributed by atoms with Crippen molar-refractivity contribution >= 4 is 10.8 Å². The third-order valence-corrected chi connectivity index (χ3v) is 3.67. The summed E-state index contributed by atoms with van der Waals surface area (Å²) in [6.07, 6.45) is 1.71. The van der Waals surface area contributed by atoms with Crippen LogP contribution in [0.5, 0.6) is 5.75 Å². The summed E-state index contributed by atoms with van der Waals surface area (Å²) in [4.78, 5) is 0. The first kappa shape index (κ1) is 15.7. The van der Waals surface area contributed by atoms with Gasteiger partial charge in [0.15, 0.2) is 6.61 Å². The third-order valence-electron chi connectivity index (χ3n) is 2.70. The molecule has 0 aromatic heterocycles. The fraction of sp³-hybridized carbons (Fsp3) is 0.500. The van der Waals surface area contributed by atoms with Crippen LogP contribution < -0.4 is 10.1 Å². The Morgan fingerprint density at radius 3 is 2.53 bits per heavy atom. The normalized spacial score (nSPS) is 15.3. The Hall–Kier alpha value is -1.38. The van der Waals surface area contributed by atoms with Crippen LogP contribution >= 0.6 is 0 Å². The molecule has 1 aromatic carbocycles. The van der Waals surface area contributed by atoms with Gasteiger partial charge < -0.3 is 10.1 Å². The Balaban J connectivity index is 2.55. The molecule has 0 heterocycles. The van der Waals surface area contributed by atoms with Gasteiger partial charge >= 0.3 is 0 Å². The van der Waals surface area contributed by atoms with E-state index >= 15 is 0 Å². The van der Waals surface area contributed by atoms with E-state index in [1.165, 1.54) is 0 Å². The number of rotatable bonds is 7. The average molecular weight is 280 g/mol. The Labute approximate surface area is 117 Å². The minimum Gasteiger partial charge on any atom is -0.479 e. The monoisotopic (exact) mass is 280 g/mol. The predicted molar refractivity (Wildman–Crippen MR) is 77.5 cm³/mol. The van der Waals surface area contributed by atoms with Crippen molar-refractivity contribution in [2.45, 2.75) is 25.9 Å². The Kier molecular flexibility index (Phi) is 6.54. The molecular weight excluding hydrogens is 260 g/mol. The SMILES string of the molecule is CC(CS(C)=O)NC(C)c1ccc(OCC#N)cc1. The molecule has 0 saturated heterocycles. The number of nitrogens with one attached hydrogen (secondary N) is 1. The molecular formula is C14H20N2O2S. The third kappa shape index (κ3) is 5.86. The smallest absolute Gasteiger partial charge is 0.174 e.